The number of para-hydroxylation sites is 1. The Hall–Kier alpha value is -2.12. The molecule has 1 aromatic heterocycles. The summed E-state index contributed by atoms with van der Waals surface area (Å²) in [7, 11) is 4.19. The van der Waals surface area contributed by atoms with Gasteiger partial charge in [0.2, 0.25) is 0 Å². The smallest absolute Gasteiger partial charge is 0.408 e. The number of ether oxygens (including phenoxy) is 1. The molecule has 0 saturated carbocycles. The minimum Gasteiger partial charge on any atom is -0.408 e. The van der Waals surface area contributed by atoms with Crippen LogP contribution in [0.4, 0.5) is 4.79 Å². The normalized spacial score (nSPS) is 20.8. The van der Waals surface area contributed by atoms with Crippen molar-refractivity contribution in [1.29, 1.82) is 0 Å². The van der Waals surface area contributed by atoms with Crippen molar-refractivity contribution in [2.24, 2.45) is 5.73 Å². The average molecular weight is 289 g/mol. The summed E-state index contributed by atoms with van der Waals surface area (Å²) in [6.07, 6.45) is -0.832. The molecule has 1 aliphatic rings. The predicted octanol–water partition coefficient (Wildman–Crippen LogP) is 0.939. The Morgan fingerprint density at radius 1 is 1.43 bits per heavy atom. The molecule has 1 aliphatic heterocycles. The summed E-state index contributed by atoms with van der Waals surface area (Å²) in [5.41, 5.74) is 6.56. The van der Waals surface area contributed by atoms with Crippen molar-refractivity contribution in [2.75, 3.05) is 33.7 Å². The van der Waals surface area contributed by atoms with E-state index in [1.807, 2.05) is 6.07 Å². The zero-order chi connectivity index (χ0) is 15.0. The van der Waals surface area contributed by atoms with Crippen LogP contribution >= 0.6 is 0 Å². The van der Waals surface area contributed by atoms with Crippen LogP contribution in [0, 0.1) is 0 Å². The number of piperazine rings is 1. The van der Waals surface area contributed by atoms with Crippen LogP contribution in [0.2, 0.25) is 0 Å². The van der Waals surface area contributed by atoms with Crippen LogP contribution in [0.3, 0.4) is 0 Å². The second kappa shape index (κ2) is 5.34. The van der Waals surface area contributed by atoms with E-state index in [1.165, 1.54) is 0 Å². The standard InChI is InChI=1S/C14H19N5O2/c1-18-6-7-19(2)10(8-18)13-16-9-4-3-5-11(12(9)17-13)21-14(15)20/h3-5,10H,6-8H2,1-2H3,(H2,15,20)(H,16,17). The van der Waals surface area contributed by atoms with E-state index in [2.05, 4.69) is 33.9 Å². The van der Waals surface area contributed by atoms with Gasteiger partial charge in [0, 0.05) is 19.6 Å². The number of primary amides is 1. The fourth-order valence-corrected chi connectivity index (χ4v) is 2.68. The molecule has 1 saturated heterocycles. The van der Waals surface area contributed by atoms with Gasteiger partial charge in [0.25, 0.3) is 0 Å². The maximum absolute atomic E-state index is 11.0. The maximum Gasteiger partial charge on any atom is 0.410 e. The van der Waals surface area contributed by atoms with Gasteiger partial charge in [0.15, 0.2) is 5.75 Å². The quantitative estimate of drug-likeness (QED) is 0.859. The molecule has 1 fully saturated rings. The van der Waals surface area contributed by atoms with E-state index in [4.69, 9.17) is 10.5 Å². The molecule has 1 amide bonds. The number of likely N-dealkylation sites (N-methyl/N-ethyl adjacent to an activating group) is 2. The lowest BCUT2D eigenvalue weighted by atomic mass is 10.2. The summed E-state index contributed by atoms with van der Waals surface area (Å²) in [6.45, 7) is 2.94. The number of aromatic amines is 1. The Bertz CT molecular complexity index is 668. The highest BCUT2D eigenvalue weighted by Gasteiger charge is 2.26. The van der Waals surface area contributed by atoms with Gasteiger partial charge in [0.05, 0.1) is 11.6 Å². The molecule has 2 aromatic rings. The van der Waals surface area contributed by atoms with Crippen molar-refractivity contribution >= 4 is 17.1 Å². The lowest BCUT2D eigenvalue weighted by molar-refractivity contribution is 0.110. The highest BCUT2D eigenvalue weighted by atomic mass is 16.5. The van der Waals surface area contributed by atoms with Crippen molar-refractivity contribution in [3.8, 4) is 5.75 Å². The van der Waals surface area contributed by atoms with Gasteiger partial charge in [-0.2, -0.15) is 0 Å². The number of nitrogens with zero attached hydrogens (tertiary/aromatic N) is 3. The minimum atomic E-state index is -0.832. The summed E-state index contributed by atoms with van der Waals surface area (Å²) in [6, 6.07) is 5.59. The molecular formula is C14H19N5O2. The highest BCUT2D eigenvalue weighted by Crippen LogP contribution is 2.28. The molecule has 21 heavy (non-hydrogen) atoms. The molecule has 1 unspecified atom stereocenters. The Labute approximate surface area is 122 Å². The first-order valence-electron chi connectivity index (χ1n) is 6.89. The predicted molar refractivity (Wildman–Crippen MR) is 79.2 cm³/mol. The van der Waals surface area contributed by atoms with E-state index >= 15 is 0 Å². The number of fused-ring (bicyclic) bond motifs is 1. The average Bonchev–Trinajstić information content (AvgIpc) is 2.86. The number of hydrogen-bond donors (Lipinski definition) is 2. The lowest BCUT2D eigenvalue weighted by Crippen LogP contribution is -2.45. The SMILES string of the molecule is CN1CCN(C)C(c2nc3c(OC(N)=O)cccc3[nH]2)C1. The van der Waals surface area contributed by atoms with Crippen LogP contribution in [0.5, 0.6) is 5.75 Å². The van der Waals surface area contributed by atoms with Gasteiger partial charge in [-0.05, 0) is 26.2 Å². The first-order chi connectivity index (χ1) is 10.0. The molecule has 1 aromatic carbocycles. The number of carbonyl (C=O) groups excluding carboxylic acids is 1. The van der Waals surface area contributed by atoms with E-state index < -0.39 is 6.09 Å². The van der Waals surface area contributed by atoms with Crippen molar-refractivity contribution in [1.82, 2.24) is 19.8 Å². The van der Waals surface area contributed by atoms with E-state index in [0.717, 1.165) is 31.0 Å². The van der Waals surface area contributed by atoms with Gasteiger partial charge >= 0.3 is 6.09 Å². The Kier molecular flexibility index (Phi) is 3.52. The fraction of sp³-hybridized carbons (Fsp3) is 0.429. The van der Waals surface area contributed by atoms with Crippen molar-refractivity contribution in [3.63, 3.8) is 0 Å². The molecule has 112 valence electrons. The first-order valence-corrected chi connectivity index (χ1v) is 6.89. The molecule has 7 nitrogen and oxygen atoms in total. The second-order valence-electron chi connectivity index (χ2n) is 5.45. The Morgan fingerprint density at radius 3 is 3.00 bits per heavy atom. The monoisotopic (exact) mass is 289 g/mol. The molecule has 0 bridgehead atoms. The van der Waals surface area contributed by atoms with Gasteiger partial charge in [-0.25, -0.2) is 9.78 Å². The molecule has 0 radical (unpaired) electrons. The second-order valence-corrected chi connectivity index (χ2v) is 5.45. The van der Waals surface area contributed by atoms with Gasteiger partial charge in [0.1, 0.15) is 11.3 Å². The lowest BCUT2D eigenvalue weighted by Gasteiger charge is -2.36. The summed E-state index contributed by atoms with van der Waals surface area (Å²) < 4.78 is 5.01. The van der Waals surface area contributed by atoms with Crippen molar-refractivity contribution in [3.05, 3.63) is 24.0 Å². The van der Waals surface area contributed by atoms with Gasteiger partial charge in [-0.1, -0.05) is 6.07 Å². The topological polar surface area (TPSA) is 87.5 Å². The third kappa shape index (κ3) is 2.70. The summed E-state index contributed by atoms with van der Waals surface area (Å²) in [5, 5.41) is 0. The number of hydrogen-bond acceptors (Lipinski definition) is 5. The molecule has 1 atom stereocenters. The number of imidazole rings is 1. The van der Waals surface area contributed by atoms with Crippen LogP contribution in [0.1, 0.15) is 11.9 Å². The number of aromatic nitrogens is 2. The summed E-state index contributed by atoms with van der Waals surface area (Å²) in [5.74, 6) is 1.26. The number of amides is 1. The third-order valence-corrected chi connectivity index (χ3v) is 3.87. The van der Waals surface area contributed by atoms with E-state index in [1.54, 1.807) is 12.1 Å². The molecule has 0 aliphatic carbocycles. The van der Waals surface area contributed by atoms with Gasteiger partial charge in [-0.15, -0.1) is 0 Å². The van der Waals surface area contributed by atoms with Crippen molar-refractivity contribution < 1.29 is 9.53 Å². The number of H-pyrrole nitrogens is 1. The zero-order valence-corrected chi connectivity index (χ0v) is 12.2. The van der Waals surface area contributed by atoms with Crippen LogP contribution in [0.15, 0.2) is 18.2 Å². The van der Waals surface area contributed by atoms with Gasteiger partial charge < -0.3 is 20.4 Å². The fourth-order valence-electron chi connectivity index (χ4n) is 2.68. The summed E-state index contributed by atoms with van der Waals surface area (Å²) >= 11 is 0. The molecule has 0 spiro atoms. The van der Waals surface area contributed by atoms with Crippen molar-refractivity contribution in [2.45, 2.75) is 6.04 Å². The van der Waals surface area contributed by atoms with Crippen LogP contribution in [0.25, 0.3) is 11.0 Å². The number of nitrogens with two attached hydrogens (primary N) is 1. The number of rotatable bonds is 2. The van der Waals surface area contributed by atoms with Crippen LogP contribution in [-0.4, -0.2) is 59.6 Å². The highest BCUT2D eigenvalue weighted by molar-refractivity contribution is 5.84. The summed E-state index contributed by atoms with van der Waals surface area (Å²) in [4.78, 5) is 23.4. The zero-order valence-electron chi connectivity index (χ0n) is 12.2. The molecule has 7 heteroatoms. The number of benzene rings is 1. The molecule has 3 N–H and O–H groups in total. The Morgan fingerprint density at radius 2 is 2.24 bits per heavy atom. The minimum absolute atomic E-state index is 0.192. The molecular weight excluding hydrogens is 270 g/mol. The molecule has 3 rings (SSSR count). The first kappa shape index (κ1) is 13.8. The number of carbonyl (C=O) groups is 1. The van der Waals surface area contributed by atoms with E-state index in [0.29, 0.717) is 11.3 Å². The van der Waals surface area contributed by atoms with Gasteiger partial charge in [-0.3, -0.25) is 4.90 Å². The molecule has 2 heterocycles. The number of nitrogens with one attached hydrogen (secondary N) is 1. The largest absolute Gasteiger partial charge is 0.410 e. The Balaban J connectivity index is 1.98. The van der Waals surface area contributed by atoms with E-state index in [9.17, 15) is 4.79 Å². The maximum atomic E-state index is 11.0. The van der Waals surface area contributed by atoms with Crippen LogP contribution < -0.4 is 10.5 Å². The third-order valence-electron chi connectivity index (χ3n) is 3.87. The van der Waals surface area contributed by atoms with Crippen LogP contribution in [-0.2, 0) is 0 Å². The van der Waals surface area contributed by atoms with E-state index in [-0.39, 0.29) is 6.04 Å².